The van der Waals surface area contributed by atoms with Gasteiger partial charge in [-0.25, -0.2) is 12.8 Å². The Kier molecular flexibility index (Phi) is 8.68. The van der Waals surface area contributed by atoms with Crippen LogP contribution in [0.25, 0.3) is 0 Å². The summed E-state index contributed by atoms with van der Waals surface area (Å²) in [7, 11) is -2.98. The highest BCUT2D eigenvalue weighted by Gasteiger charge is 2.34. The van der Waals surface area contributed by atoms with Gasteiger partial charge < -0.3 is 10.0 Å². The van der Waals surface area contributed by atoms with Crippen molar-refractivity contribution in [2.24, 2.45) is 11.8 Å². The minimum absolute atomic E-state index is 0.164. The van der Waals surface area contributed by atoms with E-state index in [1.807, 2.05) is 24.3 Å². The maximum absolute atomic E-state index is 15.0. The Morgan fingerprint density at radius 3 is 2.22 bits per heavy atom. The van der Waals surface area contributed by atoms with E-state index in [0.717, 1.165) is 48.9 Å². The molecule has 2 aromatic carbocycles. The van der Waals surface area contributed by atoms with Crippen LogP contribution in [-0.2, 0) is 21.9 Å². The van der Waals surface area contributed by atoms with E-state index >= 15 is 0 Å². The van der Waals surface area contributed by atoms with Gasteiger partial charge in [0, 0.05) is 23.8 Å². The number of aryl methyl sites for hydroxylation is 1. The monoisotopic (exact) mass is 535 g/mol. The van der Waals surface area contributed by atoms with Crippen molar-refractivity contribution in [2.75, 3.05) is 23.7 Å². The first-order chi connectivity index (χ1) is 17.1. The van der Waals surface area contributed by atoms with Crippen molar-refractivity contribution in [3.8, 4) is 0 Å². The lowest BCUT2D eigenvalue weighted by molar-refractivity contribution is 0.0118. The minimum atomic E-state index is -2.98. The number of nitrogens with zero attached hydrogens (tertiary/aromatic N) is 1. The van der Waals surface area contributed by atoms with Gasteiger partial charge in [-0.1, -0.05) is 42.6 Å². The zero-order valence-corrected chi connectivity index (χ0v) is 23.0. The third-order valence-corrected chi connectivity index (χ3v) is 11.0. The molecule has 4 nitrogen and oxygen atoms in total. The Balaban J connectivity index is 1.26. The second kappa shape index (κ2) is 11.4. The zero-order valence-electron chi connectivity index (χ0n) is 21.4. The largest absolute Gasteiger partial charge is 0.385 e. The molecule has 1 saturated carbocycles. The molecule has 2 aromatic rings. The van der Waals surface area contributed by atoms with Crippen LogP contribution >= 0.6 is 11.6 Å². The Morgan fingerprint density at radius 1 is 1.03 bits per heavy atom. The number of hydrogen-bond donors (Lipinski definition) is 1. The third-order valence-electron chi connectivity index (χ3n) is 8.35. The fourth-order valence-electron chi connectivity index (χ4n) is 5.69. The summed E-state index contributed by atoms with van der Waals surface area (Å²) in [5.41, 5.74) is 1.61. The minimum Gasteiger partial charge on any atom is -0.385 e. The van der Waals surface area contributed by atoms with Crippen LogP contribution in [-0.4, -0.2) is 37.6 Å². The average Bonchev–Trinajstić information content (AvgIpc) is 2.85. The normalized spacial score (nSPS) is 22.7. The van der Waals surface area contributed by atoms with Crippen molar-refractivity contribution in [3.63, 3.8) is 0 Å². The number of anilines is 1. The van der Waals surface area contributed by atoms with E-state index in [2.05, 4.69) is 4.90 Å². The fourth-order valence-corrected chi connectivity index (χ4v) is 7.19. The van der Waals surface area contributed by atoms with Gasteiger partial charge in [-0.15, -0.1) is 0 Å². The van der Waals surface area contributed by atoms with Crippen LogP contribution in [0.2, 0.25) is 5.02 Å². The molecule has 1 N–H and O–H groups in total. The number of hydrogen-bond acceptors (Lipinski definition) is 4. The third kappa shape index (κ3) is 6.62. The summed E-state index contributed by atoms with van der Waals surface area (Å²) in [5.74, 6) is 0.949. The summed E-state index contributed by atoms with van der Waals surface area (Å²) in [6.07, 6.45) is 6.79. The summed E-state index contributed by atoms with van der Waals surface area (Å²) >= 11 is 5.98. The average molecular weight is 536 g/mol. The van der Waals surface area contributed by atoms with Crippen LogP contribution in [0.3, 0.4) is 0 Å². The molecule has 2 aliphatic rings. The second-order valence-electron chi connectivity index (χ2n) is 11.1. The van der Waals surface area contributed by atoms with Crippen LogP contribution in [0.15, 0.2) is 42.5 Å². The summed E-state index contributed by atoms with van der Waals surface area (Å²) in [5, 5.41) is 11.5. The molecule has 0 aromatic heterocycles. The SMILES string of the molecule is CC(C)S(=O)(=O)CC1CCC(CCc2ccc(N3CCC(O)(c4ccc(Cl)cc4)CC3)cc2F)CC1. The predicted molar refractivity (Wildman–Crippen MR) is 146 cm³/mol. The maximum Gasteiger partial charge on any atom is 0.152 e. The number of halogens is 2. The molecule has 1 aliphatic heterocycles. The van der Waals surface area contributed by atoms with Gasteiger partial charge in [-0.3, -0.25) is 0 Å². The molecule has 2 fully saturated rings. The highest BCUT2D eigenvalue weighted by molar-refractivity contribution is 7.91. The van der Waals surface area contributed by atoms with Crippen LogP contribution < -0.4 is 4.90 Å². The van der Waals surface area contributed by atoms with E-state index in [1.54, 1.807) is 32.0 Å². The molecule has 1 saturated heterocycles. The molecule has 0 bridgehead atoms. The van der Waals surface area contributed by atoms with Crippen molar-refractivity contribution >= 4 is 27.1 Å². The Hall–Kier alpha value is -1.63. The molecule has 36 heavy (non-hydrogen) atoms. The summed E-state index contributed by atoms with van der Waals surface area (Å²) in [6, 6.07) is 12.9. The number of benzene rings is 2. The molecule has 4 rings (SSSR count). The summed E-state index contributed by atoms with van der Waals surface area (Å²) in [4.78, 5) is 2.14. The molecular formula is C29H39ClFNO3S. The lowest BCUT2D eigenvalue weighted by atomic mass is 9.80. The lowest BCUT2D eigenvalue weighted by Crippen LogP contribution is -2.42. The molecule has 0 unspecified atom stereocenters. The van der Waals surface area contributed by atoms with Gasteiger partial charge in [0.05, 0.1) is 16.6 Å². The van der Waals surface area contributed by atoms with Crippen LogP contribution in [0.5, 0.6) is 0 Å². The van der Waals surface area contributed by atoms with Gasteiger partial charge in [0.25, 0.3) is 0 Å². The molecule has 7 heteroatoms. The van der Waals surface area contributed by atoms with Crippen molar-refractivity contribution in [1.29, 1.82) is 0 Å². The van der Waals surface area contributed by atoms with Gasteiger partial charge in [-0.2, -0.15) is 0 Å². The first-order valence-electron chi connectivity index (χ1n) is 13.3. The van der Waals surface area contributed by atoms with Gasteiger partial charge in [0.1, 0.15) is 5.82 Å². The van der Waals surface area contributed by atoms with Gasteiger partial charge in [-0.05, 0) is 99.6 Å². The van der Waals surface area contributed by atoms with Gasteiger partial charge in [0.15, 0.2) is 9.84 Å². The smallest absolute Gasteiger partial charge is 0.152 e. The Bertz CT molecular complexity index is 1120. The molecule has 0 spiro atoms. The first-order valence-corrected chi connectivity index (χ1v) is 15.4. The molecule has 1 heterocycles. The highest BCUT2D eigenvalue weighted by Crippen LogP contribution is 2.36. The van der Waals surface area contributed by atoms with Gasteiger partial charge in [0.2, 0.25) is 0 Å². The van der Waals surface area contributed by atoms with Crippen molar-refractivity contribution < 1.29 is 17.9 Å². The Morgan fingerprint density at radius 2 is 1.64 bits per heavy atom. The van der Waals surface area contributed by atoms with E-state index in [4.69, 9.17) is 11.6 Å². The lowest BCUT2D eigenvalue weighted by Gasteiger charge is -2.39. The van der Waals surface area contributed by atoms with Crippen LogP contribution in [0, 0.1) is 17.7 Å². The second-order valence-corrected chi connectivity index (χ2v) is 14.1. The van der Waals surface area contributed by atoms with E-state index in [9.17, 15) is 17.9 Å². The maximum atomic E-state index is 15.0. The Labute approximate surface area is 220 Å². The standard InChI is InChI=1S/C29H39ClFNO3S/c1-21(2)36(34,35)20-23-5-3-22(4-6-23)7-8-24-9-14-27(19-28(24)31)32-17-15-29(33,16-18-32)25-10-12-26(30)13-11-25/h9-14,19,21-23,33H,3-8,15-18,20H2,1-2H3. The van der Waals surface area contributed by atoms with Crippen LogP contribution in [0.1, 0.15) is 69.9 Å². The van der Waals surface area contributed by atoms with Crippen molar-refractivity contribution in [2.45, 2.75) is 76.1 Å². The molecular weight excluding hydrogens is 497 g/mol. The number of aliphatic hydroxyl groups is 1. The van der Waals surface area contributed by atoms with E-state index in [-0.39, 0.29) is 17.0 Å². The number of sulfone groups is 1. The van der Waals surface area contributed by atoms with E-state index in [0.29, 0.717) is 49.0 Å². The topological polar surface area (TPSA) is 57.6 Å². The molecule has 198 valence electrons. The molecule has 1 aliphatic carbocycles. The molecule has 0 atom stereocenters. The summed E-state index contributed by atoms with van der Waals surface area (Å²) < 4.78 is 39.4. The molecule has 0 amide bonds. The quantitative estimate of drug-likeness (QED) is 0.417. The fraction of sp³-hybridized carbons (Fsp3) is 0.586. The number of piperidine rings is 1. The van der Waals surface area contributed by atoms with Crippen molar-refractivity contribution in [3.05, 3.63) is 64.4 Å². The van der Waals surface area contributed by atoms with E-state index in [1.165, 1.54) is 0 Å². The highest BCUT2D eigenvalue weighted by atomic mass is 35.5. The van der Waals surface area contributed by atoms with Crippen molar-refractivity contribution in [1.82, 2.24) is 0 Å². The number of rotatable bonds is 8. The zero-order chi connectivity index (χ0) is 25.9. The predicted octanol–water partition coefficient (Wildman–Crippen LogP) is 6.53. The molecule has 0 radical (unpaired) electrons. The van der Waals surface area contributed by atoms with Crippen LogP contribution in [0.4, 0.5) is 10.1 Å². The summed E-state index contributed by atoms with van der Waals surface area (Å²) in [6.45, 7) is 4.84. The first kappa shape index (κ1) is 27.4. The van der Waals surface area contributed by atoms with Gasteiger partial charge >= 0.3 is 0 Å². The van der Waals surface area contributed by atoms with E-state index < -0.39 is 15.4 Å².